The number of carbonyl (C=O) groups is 1. The molecule has 1 aromatic rings. The van der Waals surface area contributed by atoms with Crippen molar-refractivity contribution in [1.29, 1.82) is 0 Å². The molecule has 5 heteroatoms. The minimum atomic E-state index is -0.122. The summed E-state index contributed by atoms with van der Waals surface area (Å²) in [6, 6.07) is 10.7. The summed E-state index contributed by atoms with van der Waals surface area (Å²) in [6.45, 7) is 2.95. The molecule has 0 aromatic heterocycles. The number of nitrogens with one attached hydrogen (secondary N) is 1. The van der Waals surface area contributed by atoms with Gasteiger partial charge in [-0.3, -0.25) is 9.79 Å². The molecule has 1 heterocycles. The minimum absolute atomic E-state index is 0.122. The second kappa shape index (κ2) is 9.96. The van der Waals surface area contributed by atoms with Crippen LogP contribution < -0.4 is 5.32 Å². The topological polar surface area (TPSA) is 53.9 Å². The minimum Gasteiger partial charge on any atom is -0.469 e. The highest BCUT2D eigenvalue weighted by Gasteiger charge is 2.25. The van der Waals surface area contributed by atoms with E-state index in [9.17, 15) is 4.79 Å². The summed E-state index contributed by atoms with van der Waals surface area (Å²) in [5.41, 5.74) is 1.42. The van der Waals surface area contributed by atoms with E-state index in [0.717, 1.165) is 44.9 Å². The number of guanidine groups is 1. The third-order valence-electron chi connectivity index (χ3n) is 4.54. The molecule has 0 aliphatic carbocycles. The molecule has 0 spiro atoms. The molecule has 0 amide bonds. The van der Waals surface area contributed by atoms with Crippen LogP contribution in [0.1, 0.15) is 43.6 Å². The van der Waals surface area contributed by atoms with Crippen molar-refractivity contribution in [3.05, 3.63) is 35.9 Å². The number of esters is 1. The van der Waals surface area contributed by atoms with E-state index >= 15 is 0 Å². The number of hydrogen-bond acceptors (Lipinski definition) is 3. The van der Waals surface area contributed by atoms with Gasteiger partial charge < -0.3 is 15.0 Å². The average Bonchev–Trinajstić information content (AvgIpc) is 3.11. The molecule has 1 aliphatic heterocycles. The molecule has 24 heavy (non-hydrogen) atoms. The number of methoxy groups -OCH3 is 1. The maximum absolute atomic E-state index is 11.1. The highest BCUT2D eigenvalue weighted by Crippen LogP contribution is 2.26. The normalized spacial score (nSPS) is 17.8. The predicted molar refractivity (Wildman–Crippen MR) is 97.2 cm³/mol. The van der Waals surface area contributed by atoms with Crippen LogP contribution >= 0.6 is 0 Å². The van der Waals surface area contributed by atoms with Crippen LogP contribution in [0.3, 0.4) is 0 Å². The van der Waals surface area contributed by atoms with Crippen molar-refractivity contribution in [2.24, 2.45) is 4.99 Å². The van der Waals surface area contributed by atoms with Crippen LogP contribution in [-0.4, -0.2) is 50.6 Å². The van der Waals surface area contributed by atoms with E-state index in [2.05, 4.69) is 50.3 Å². The quantitative estimate of drug-likeness (QED) is 0.361. The van der Waals surface area contributed by atoms with E-state index in [-0.39, 0.29) is 5.97 Å². The number of unbranched alkanes of at least 4 members (excludes halogenated alkanes) is 2. The SMILES string of the molecule is CN=C(NCCCCCC(=O)OC)N1CCC(c2ccccc2)C1. The first-order chi connectivity index (χ1) is 11.7. The van der Waals surface area contributed by atoms with Crippen LogP contribution in [0.4, 0.5) is 0 Å². The van der Waals surface area contributed by atoms with Crippen molar-refractivity contribution in [2.45, 2.75) is 38.0 Å². The second-order valence-electron chi connectivity index (χ2n) is 6.20. The van der Waals surface area contributed by atoms with E-state index in [1.54, 1.807) is 0 Å². The number of carbonyl (C=O) groups excluding carboxylic acids is 1. The van der Waals surface area contributed by atoms with Crippen molar-refractivity contribution in [3.63, 3.8) is 0 Å². The van der Waals surface area contributed by atoms with Gasteiger partial charge in [-0.2, -0.15) is 0 Å². The first kappa shape index (κ1) is 18.3. The molecule has 132 valence electrons. The lowest BCUT2D eigenvalue weighted by Crippen LogP contribution is -2.40. The van der Waals surface area contributed by atoms with Gasteiger partial charge in [-0.05, 0) is 24.8 Å². The Labute approximate surface area is 145 Å². The van der Waals surface area contributed by atoms with Crippen molar-refractivity contribution < 1.29 is 9.53 Å². The first-order valence-electron chi connectivity index (χ1n) is 8.82. The van der Waals surface area contributed by atoms with Crippen LogP contribution in [0.2, 0.25) is 0 Å². The van der Waals surface area contributed by atoms with Crippen LogP contribution in [0.5, 0.6) is 0 Å². The van der Waals surface area contributed by atoms with E-state index in [0.29, 0.717) is 12.3 Å². The van der Waals surface area contributed by atoms with E-state index < -0.39 is 0 Å². The van der Waals surface area contributed by atoms with Gasteiger partial charge in [0.2, 0.25) is 0 Å². The molecular weight excluding hydrogens is 302 g/mol. The summed E-state index contributed by atoms with van der Waals surface area (Å²) >= 11 is 0. The lowest BCUT2D eigenvalue weighted by atomic mass is 9.99. The summed E-state index contributed by atoms with van der Waals surface area (Å²) in [5, 5.41) is 3.45. The summed E-state index contributed by atoms with van der Waals surface area (Å²) in [4.78, 5) is 17.8. The van der Waals surface area contributed by atoms with Gasteiger partial charge in [0.25, 0.3) is 0 Å². The Bertz CT molecular complexity index is 531. The van der Waals surface area contributed by atoms with E-state index in [4.69, 9.17) is 0 Å². The molecule has 1 saturated heterocycles. The Morgan fingerprint density at radius 1 is 1.29 bits per heavy atom. The Balaban J connectivity index is 1.68. The van der Waals surface area contributed by atoms with Crippen molar-refractivity contribution >= 4 is 11.9 Å². The summed E-state index contributed by atoms with van der Waals surface area (Å²) in [5.74, 6) is 1.45. The van der Waals surface area contributed by atoms with Gasteiger partial charge in [-0.15, -0.1) is 0 Å². The Morgan fingerprint density at radius 3 is 2.79 bits per heavy atom. The first-order valence-corrected chi connectivity index (χ1v) is 8.82. The van der Waals surface area contributed by atoms with Crippen LogP contribution in [0.15, 0.2) is 35.3 Å². The number of benzene rings is 1. The highest BCUT2D eigenvalue weighted by molar-refractivity contribution is 5.80. The predicted octanol–water partition coefficient (Wildman–Crippen LogP) is 2.78. The fraction of sp³-hybridized carbons (Fsp3) is 0.579. The highest BCUT2D eigenvalue weighted by atomic mass is 16.5. The average molecular weight is 331 g/mol. The van der Waals surface area contributed by atoms with Gasteiger partial charge in [0.1, 0.15) is 0 Å². The molecule has 1 atom stereocenters. The Kier molecular flexibility index (Phi) is 7.59. The van der Waals surface area contributed by atoms with Gasteiger partial charge in [0.15, 0.2) is 5.96 Å². The van der Waals surface area contributed by atoms with Gasteiger partial charge in [-0.1, -0.05) is 36.8 Å². The monoisotopic (exact) mass is 331 g/mol. The van der Waals surface area contributed by atoms with Gasteiger partial charge in [0.05, 0.1) is 7.11 Å². The van der Waals surface area contributed by atoms with Crippen LogP contribution in [0.25, 0.3) is 0 Å². The van der Waals surface area contributed by atoms with Gasteiger partial charge in [0, 0.05) is 39.0 Å². The standard InChI is InChI=1S/C19H29N3O2/c1-20-19(21-13-8-4-7-11-18(23)24-2)22-14-12-17(15-22)16-9-5-3-6-10-16/h3,5-6,9-10,17H,4,7-8,11-15H2,1-2H3,(H,20,21). The molecular formula is C19H29N3O2. The fourth-order valence-corrected chi connectivity index (χ4v) is 3.16. The number of ether oxygens (including phenoxy) is 1. The van der Waals surface area contributed by atoms with Crippen LogP contribution in [-0.2, 0) is 9.53 Å². The third-order valence-corrected chi connectivity index (χ3v) is 4.54. The number of nitrogens with zero attached hydrogens (tertiary/aromatic N) is 2. The lowest BCUT2D eigenvalue weighted by molar-refractivity contribution is -0.140. The fourth-order valence-electron chi connectivity index (χ4n) is 3.16. The molecule has 1 aromatic carbocycles. The smallest absolute Gasteiger partial charge is 0.305 e. The third kappa shape index (κ3) is 5.55. The maximum atomic E-state index is 11.1. The molecule has 1 aliphatic rings. The molecule has 1 N–H and O–H groups in total. The second-order valence-corrected chi connectivity index (χ2v) is 6.20. The summed E-state index contributed by atoms with van der Waals surface area (Å²) < 4.78 is 4.65. The molecule has 0 bridgehead atoms. The lowest BCUT2D eigenvalue weighted by Gasteiger charge is -2.21. The number of aliphatic imine (C=N–C) groups is 1. The molecule has 0 radical (unpaired) electrons. The molecule has 0 saturated carbocycles. The van der Waals surface area contributed by atoms with E-state index in [1.807, 2.05) is 7.05 Å². The molecule has 1 fully saturated rings. The number of hydrogen-bond donors (Lipinski definition) is 1. The Hall–Kier alpha value is -2.04. The van der Waals surface area contributed by atoms with Crippen molar-refractivity contribution in [2.75, 3.05) is 33.8 Å². The van der Waals surface area contributed by atoms with Crippen molar-refractivity contribution in [1.82, 2.24) is 10.2 Å². The van der Waals surface area contributed by atoms with Crippen LogP contribution in [0, 0.1) is 0 Å². The largest absolute Gasteiger partial charge is 0.469 e. The van der Waals surface area contributed by atoms with E-state index in [1.165, 1.54) is 19.1 Å². The van der Waals surface area contributed by atoms with Gasteiger partial charge in [-0.25, -0.2) is 0 Å². The maximum Gasteiger partial charge on any atom is 0.305 e. The zero-order valence-electron chi connectivity index (χ0n) is 14.8. The molecule has 1 unspecified atom stereocenters. The number of likely N-dealkylation sites (tertiary alicyclic amines) is 1. The zero-order chi connectivity index (χ0) is 17.2. The molecule has 2 rings (SSSR count). The summed E-state index contributed by atoms with van der Waals surface area (Å²) in [6.07, 6.45) is 4.62. The summed E-state index contributed by atoms with van der Waals surface area (Å²) in [7, 11) is 3.28. The van der Waals surface area contributed by atoms with Gasteiger partial charge >= 0.3 is 5.97 Å². The molecule has 5 nitrogen and oxygen atoms in total. The number of rotatable bonds is 7. The zero-order valence-corrected chi connectivity index (χ0v) is 14.8. The Morgan fingerprint density at radius 2 is 2.08 bits per heavy atom. The van der Waals surface area contributed by atoms with Crippen molar-refractivity contribution in [3.8, 4) is 0 Å².